The molecule has 2 N–H and O–H groups in total. The molecule has 0 saturated heterocycles. The molecule has 0 heterocycles. The summed E-state index contributed by atoms with van der Waals surface area (Å²) >= 11 is 3.25. The minimum Gasteiger partial charge on any atom is -0.325 e. The van der Waals surface area contributed by atoms with Gasteiger partial charge in [0, 0.05) is 10.9 Å². The molecule has 1 aromatic rings. The van der Waals surface area contributed by atoms with Crippen molar-refractivity contribution in [2.75, 3.05) is 6.54 Å². The third-order valence-corrected chi connectivity index (χ3v) is 2.69. The lowest BCUT2D eigenvalue weighted by atomic mass is 10.1. The fourth-order valence-corrected chi connectivity index (χ4v) is 1.78. The largest absolute Gasteiger partial charge is 0.325 e. The Labute approximate surface area is 90.4 Å². The highest BCUT2D eigenvalue weighted by Gasteiger charge is 2.27. The van der Waals surface area contributed by atoms with Gasteiger partial charge in [-0.05, 0) is 24.1 Å². The molecule has 14 heavy (non-hydrogen) atoms. The van der Waals surface area contributed by atoms with Gasteiger partial charge in [0.2, 0.25) is 0 Å². The van der Waals surface area contributed by atoms with E-state index in [1.54, 1.807) is 6.07 Å². The molecule has 4 heteroatoms. The van der Waals surface area contributed by atoms with Crippen LogP contribution < -0.4 is 5.73 Å². The van der Waals surface area contributed by atoms with E-state index in [-0.39, 0.29) is 6.42 Å². The number of alkyl halides is 2. The van der Waals surface area contributed by atoms with E-state index in [4.69, 9.17) is 5.73 Å². The van der Waals surface area contributed by atoms with Gasteiger partial charge in [0.15, 0.2) is 0 Å². The molecule has 0 aliphatic heterocycles. The third-order valence-electron chi connectivity index (χ3n) is 1.96. The van der Waals surface area contributed by atoms with Gasteiger partial charge < -0.3 is 5.73 Å². The van der Waals surface area contributed by atoms with E-state index in [1.165, 1.54) is 0 Å². The predicted octanol–water partition coefficient (Wildman–Crippen LogP) is 2.89. The van der Waals surface area contributed by atoms with Gasteiger partial charge in [0.1, 0.15) is 0 Å². The Morgan fingerprint density at radius 1 is 1.43 bits per heavy atom. The molecule has 0 fully saturated rings. The first-order chi connectivity index (χ1) is 6.44. The lowest BCUT2D eigenvalue weighted by molar-refractivity contribution is 0.0113. The topological polar surface area (TPSA) is 26.0 Å². The number of hydrogen-bond donors (Lipinski definition) is 1. The summed E-state index contributed by atoms with van der Waals surface area (Å²) in [5.41, 5.74) is 6.60. The van der Waals surface area contributed by atoms with E-state index >= 15 is 0 Å². The first kappa shape index (κ1) is 11.6. The monoisotopic (exact) mass is 263 g/mol. The molecule has 0 radical (unpaired) electrons. The summed E-state index contributed by atoms with van der Waals surface area (Å²) in [6.07, 6.45) is -0.315. The summed E-state index contributed by atoms with van der Waals surface area (Å²) < 4.78 is 26.7. The Morgan fingerprint density at radius 3 is 2.57 bits per heavy atom. The SMILES string of the molecule is Cc1ccc(CC(F)(F)CN)c(Br)c1. The zero-order chi connectivity index (χ0) is 10.8. The minimum atomic E-state index is -2.82. The molecule has 0 atom stereocenters. The average Bonchev–Trinajstić information content (AvgIpc) is 2.10. The second-order valence-electron chi connectivity index (χ2n) is 3.33. The molecule has 1 aromatic carbocycles. The van der Waals surface area contributed by atoms with Crippen molar-refractivity contribution in [3.63, 3.8) is 0 Å². The van der Waals surface area contributed by atoms with Gasteiger partial charge in [-0.15, -0.1) is 0 Å². The van der Waals surface area contributed by atoms with Crippen molar-refractivity contribution in [3.8, 4) is 0 Å². The molecular formula is C10H12BrF2N. The van der Waals surface area contributed by atoms with Crippen LogP contribution in [-0.2, 0) is 6.42 Å². The molecule has 0 aliphatic carbocycles. The highest BCUT2D eigenvalue weighted by molar-refractivity contribution is 9.10. The summed E-state index contributed by atoms with van der Waals surface area (Å²) in [7, 11) is 0. The average molecular weight is 264 g/mol. The lowest BCUT2D eigenvalue weighted by Gasteiger charge is -2.14. The zero-order valence-corrected chi connectivity index (χ0v) is 9.44. The van der Waals surface area contributed by atoms with Crippen molar-refractivity contribution < 1.29 is 8.78 Å². The zero-order valence-electron chi connectivity index (χ0n) is 7.86. The van der Waals surface area contributed by atoms with Crippen molar-refractivity contribution in [1.29, 1.82) is 0 Å². The summed E-state index contributed by atoms with van der Waals surface area (Å²) in [4.78, 5) is 0. The van der Waals surface area contributed by atoms with Crippen LogP contribution in [0.3, 0.4) is 0 Å². The molecule has 0 aromatic heterocycles. The lowest BCUT2D eigenvalue weighted by Crippen LogP contribution is -2.30. The van der Waals surface area contributed by atoms with Gasteiger partial charge in [-0.25, -0.2) is 8.78 Å². The third kappa shape index (κ3) is 3.03. The number of benzene rings is 1. The van der Waals surface area contributed by atoms with Gasteiger partial charge in [0.05, 0.1) is 6.54 Å². The van der Waals surface area contributed by atoms with Crippen LogP contribution in [0.2, 0.25) is 0 Å². The fourth-order valence-electron chi connectivity index (χ4n) is 1.15. The van der Waals surface area contributed by atoms with Crippen molar-refractivity contribution >= 4 is 15.9 Å². The molecule has 0 spiro atoms. The number of nitrogens with two attached hydrogens (primary N) is 1. The van der Waals surface area contributed by atoms with Crippen LogP contribution >= 0.6 is 15.9 Å². The standard InChI is InChI=1S/C10H12BrF2N/c1-7-2-3-8(9(11)4-7)5-10(12,13)6-14/h2-4H,5-6,14H2,1H3. The summed E-state index contributed by atoms with van der Waals surface area (Å²) in [5.74, 6) is -2.82. The maximum Gasteiger partial charge on any atom is 0.264 e. The summed E-state index contributed by atoms with van der Waals surface area (Å²) in [6.45, 7) is 1.29. The van der Waals surface area contributed by atoms with Crippen LogP contribution in [0.25, 0.3) is 0 Å². The van der Waals surface area contributed by atoms with E-state index in [9.17, 15) is 8.78 Å². The Balaban J connectivity index is 2.87. The van der Waals surface area contributed by atoms with Gasteiger partial charge in [-0.1, -0.05) is 28.1 Å². The maximum atomic E-state index is 13.0. The van der Waals surface area contributed by atoms with Crippen molar-refractivity contribution in [2.45, 2.75) is 19.3 Å². The van der Waals surface area contributed by atoms with Gasteiger partial charge in [0.25, 0.3) is 5.92 Å². The smallest absolute Gasteiger partial charge is 0.264 e. The summed E-state index contributed by atoms with van der Waals surface area (Å²) in [6, 6.07) is 5.33. The Morgan fingerprint density at radius 2 is 2.07 bits per heavy atom. The van der Waals surface area contributed by atoms with Gasteiger partial charge in [-0.2, -0.15) is 0 Å². The Kier molecular flexibility index (Phi) is 3.61. The molecule has 0 aliphatic rings. The Bertz CT molecular complexity index is 326. The molecule has 0 amide bonds. The van der Waals surface area contributed by atoms with E-state index in [0.29, 0.717) is 10.0 Å². The quantitative estimate of drug-likeness (QED) is 0.892. The highest BCUT2D eigenvalue weighted by atomic mass is 79.9. The van der Waals surface area contributed by atoms with Crippen LogP contribution in [0.1, 0.15) is 11.1 Å². The van der Waals surface area contributed by atoms with Crippen LogP contribution in [0.4, 0.5) is 8.78 Å². The van der Waals surface area contributed by atoms with Crippen LogP contribution in [0, 0.1) is 6.92 Å². The maximum absolute atomic E-state index is 13.0. The van der Waals surface area contributed by atoms with E-state index in [0.717, 1.165) is 5.56 Å². The normalized spacial score (nSPS) is 11.8. The second-order valence-corrected chi connectivity index (χ2v) is 4.19. The van der Waals surface area contributed by atoms with Crippen LogP contribution in [0.5, 0.6) is 0 Å². The number of rotatable bonds is 3. The fraction of sp³-hybridized carbons (Fsp3) is 0.400. The first-order valence-corrected chi connectivity index (χ1v) is 5.07. The number of hydrogen-bond acceptors (Lipinski definition) is 1. The van der Waals surface area contributed by atoms with Crippen molar-refractivity contribution in [2.24, 2.45) is 5.73 Å². The van der Waals surface area contributed by atoms with Crippen molar-refractivity contribution in [1.82, 2.24) is 0 Å². The van der Waals surface area contributed by atoms with Gasteiger partial charge >= 0.3 is 0 Å². The predicted molar refractivity (Wildman–Crippen MR) is 56.6 cm³/mol. The van der Waals surface area contributed by atoms with Crippen molar-refractivity contribution in [3.05, 3.63) is 33.8 Å². The second kappa shape index (κ2) is 4.36. The van der Waals surface area contributed by atoms with E-state index in [2.05, 4.69) is 15.9 Å². The molecule has 1 nitrogen and oxygen atoms in total. The molecule has 0 bridgehead atoms. The molecule has 78 valence electrons. The minimum absolute atomic E-state index is 0.315. The highest BCUT2D eigenvalue weighted by Crippen LogP contribution is 2.25. The molecule has 0 unspecified atom stereocenters. The molecule has 1 rings (SSSR count). The van der Waals surface area contributed by atoms with E-state index in [1.807, 2.05) is 19.1 Å². The molecule has 0 saturated carbocycles. The first-order valence-electron chi connectivity index (χ1n) is 4.27. The van der Waals surface area contributed by atoms with E-state index < -0.39 is 12.5 Å². The van der Waals surface area contributed by atoms with Gasteiger partial charge in [-0.3, -0.25) is 0 Å². The molecular weight excluding hydrogens is 252 g/mol. The summed E-state index contributed by atoms with van der Waals surface area (Å²) in [5, 5.41) is 0. The van der Waals surface area contributed by atoms with Crippen LogP contribution in [0.15, 0.2) is 22.7 Å². The number of aryl methyl sites for hydroxylation is 1. The number of halogens is 3. The van der Waals surface area contributed by atoms with Crippen LogP contribution in [-0.4, -0.2) is 12.5 Å². The Hall–Kier alpha value is -0.480.